The zero-order valence-corrected chi connectivity index (χ0v) is 17.9. The summed E-state index contributed by atoms with van der Waals surface area (Å²) in [5.41, 5.74) is 6.96. The molecule has 1 aromatic heterocycles. The lowest BCUT2D eigenvalue weighted by molar-refractivity contribution is 0.380. The van der Waals surface area contributed by atoms with E-state index in [2.05, 4.69) is 14.9 Å². The predicted octanol–water partition coefficient (Wildman–Crippen LogP) is 1.05. The summed E-state index contributed by atoms with van der Waals surface area (Å²) >= 11 is 1.63. The first-order valence-electron chi connectivity index (χ1n) is 7.74. The van der Waals surface area contributed by atoms with Gasteiger partial charge >= 0.3 is 0 Å². The number of anilines is 1. The van der Waals surface area contributed by atoms with Gasteiger partial charge in [0.15, 0.2) is 11.1 Å². The van der Waals surface area contributed by atoms with Crippen molar-refractivity contribution in [2.45, 2.75) is 11.4 Å². The van der Waals surface area contributed by atoms with Crippen molar-refractivity contribution < 1.29 is 8.42 Å². The number of guanidine groups is 1. The Balaban J connectivity index is 0.00000243. The molecule has 0 saturated carbocycles. The Kier molecular flexibility index (Phi) is 7.20. The number of nitrogens with zero attached hydrogens (tertiary/aromatic N) is 4. The number of rotatable bonds is 4. The average molecular weight is 508 g/mol. The molecular formula is C15H21IN6O2S2. The Hall–Kier alpha value is -1.44. The molecule has 1 aliphatic rings. The first-order chi connectivity index (χ1) is 11.9. The van der Waals surface area contributed by atoms with Crippen molar-refractivity contribution in [3.05, 3.63) is 41.4 Å². The summed E-state index contributed by atoms with van der Waals surface area (Å²) in [7, 11) is -3.67. The van der Waals surface area contributed by atoms with Gasteiger partial charge in [-0.2, -0.15) is 0 Å². The van der Waals surface area contributed by atoms with Gasteiger partial charge in [0.1, 0.15) is 0 Å². The van der Waals surface area contributed by atoms with E-state index in [1.54, 1.807) is 23.5 Å². The molecule has 0 aliphatic carbocycles. The van der Waals surface area contributed by atoms with Crippen molar-refractivity contribution in [3.63, 3.8) is 0 Å². The average Bonchev–Trinajstić information content (AvgIpc) is 3.14. The van der Waals surface area contributed by atoms with E-state index in [-0.39, 0.29) is 28.9 Å². The van der Waals surface area contributed by atoms with Gasteiger partial charge < -0.3 is 15.5 Å². The second-order valence-electron chi connectivity index (χ2n) is 5.65. The number of halogens is 1. The molecule has 0 bridgehead atoms. The van der Waals surface area contributed by atoms with E-state index in [4.69, 9.17) is 10.9 Å². The van der Waals surface area contributed by atoms with Crippen LogP contribution in [0.3, 0.4) is 0 Å². The lowest BCUT2D eigenvalue weighted by atomic mass is 10.2. The van der Waals surface area contributed by atoms with Gasteiger partial charge in [0.25, 0.3) is 0 Å². The molecule has 11 heteroatoms. The summed E-state index contributed by atoms with van der Waals surface area (Å²) in [6.07, 6.45) is 1.81. The quantitative estimate of drug-likeness (QED) is 0.362. The minimum Gasteiger partial charge on any atom is -0.370 e. The van der Waals surface area contributed by atoms with Gasteiger partial charge in [-0.25, -0.2) is 23.5 Å². The first-order valence-corrected chi connectivity index (χ1v) is 10.2. The van der Waals surface area contributed by atoms with Crippen LogP contribution in [0.1, 0.15) is 5.56 Å². The van der Waals surface area contributed by atoms with E-state index in [9.17, 15) is 8.42 Å². The number of aromatic nitrogens is 1. The van der Waals surface area contributed by atoms with Crippen LogP contribution < -0.4 is 15.8 Å². The molecule has 26 heavy (non-hydrogen) atoms. The molecular weight excluding hydrogens is 487 g/mol. The molecule has 0 radical (unpaired) electrons. The van der Waals surface area contributed by atoms with Gasteiger partial charge in [-0.3, -0.25) is 0 Å². The van der Waals surface area contributed by atoms with E-state index >= 15 is 0 Å². The van der Waals surface area contributed by atoms with Gasteiger partial charge in [-0.15, -0.1) is 35.3 Å². The maximum atomic E-state index is 11.2. The fourth-order valence-corrected chi connectivity index (χ4v) is 3.77. The fraction of sp³-hybridized carbons (Fsp3) is 0.333. The zero-order chi connectivity index (χ0) is 17.9. The summed E-state index contributed by atoms with van der Waals surface area (Å²) in [6, 6.07) is 6.33. The number of hydrogen-bond acceptors (Lipinski definition) is 6. The molecule has 8 nitrogen and oxygen atoms in total. The van der Waals surface area contributed by atoms with E-state index in [0.29, 0.717) is 12.5 Å². The normalized spacial score (nSPS) is 15.7. The van der Waals surface area contributed by atoms with Crippen molar-refractivity contribution in [3.8, 4) is 0 Å². The molecule has 1 aliphatic heterocycles. The van der Waals surface area contributed by atoms with Crippen LogP contribution in [0.5, 0.6) is 0 Å². The van der Waals surface area contributed by atoms with Gasteiger partial charge in [-0.1, -0.05) is 12.1 Å². The Morgan fingerprint density at radius 1 is 1.19 bits per heavy atom. The van der Waals surface area contributed by atoms with Crippen molar-refractivity contribution in [2.75, 3.05) is 31.1 Å². The Labute approximate surface area is 174 Å². The molecule has 4 N–H and O–H groups in total. The number of aliphatic imine (C=N–C) groups is 1. The monoisotopic (exact) mass is 508 g/mol. The van der Waals surface area contributed by atoms with E-state index in [1.807, 2.05) is 16.5 Å². The molecule has 142 valence electrons. The third kappa shape index (κ3) is 5.28. The summed E-state index contributed by atoms with van der Waals surface area (Å²) in [6.45, 7) is 3.68. The van der Waals surface area contributed by atoms with Crippen molar-refractivity contribution >= 4 is 56.4 Å². The highest BCUT2D eigenvalue weighted by molar-refractivity contribution is 14.0. The van der Waals surface area contributed by atoms with E-state index < -0.39 is 10.0 Å². The molecule has 3 rings (SSSR count). The van der Waals surface area contributed by atoms with Crippen LogP contribution in [0, 0.1) is 0 Å². The Morgan fingerprint density at radius 3 is 2.38 bits per heavy atom. The Morgan fingerprint density at radius 2 is 1.85 bits per heavy atom. The van der Waals surface area contributed by atoms with Crippen LogP contribution in [0.25, 0.3) is 0 Å². The maximum Gasteiger partial charge on any atom is 0.238 e. The van der Waals surface area contributed by atoms with Crippen LogP contribution in [0.4, 0.5) is 5.13 Å². The van der Waals surface area contributed by atoms with Crippen molar-refractivity contribution in [1.29, 1.82) is 0 Å². The van der Waals surface area contributed by atoms with Gasteiger partial charge in [0.05, 0.1) is 11.4 Å². The van der Waals surface area contributed by atoms with Crippen LogP contribution in [0.15, 0.2) is 45.7 Å². The van der Waals surface area contributed by atoms with Crippen molar-refractivity contribution in [2.24, 2.45) is 15.9 Å². The third-order valence-corrected chi connectivity index (χ3v) is 5.73. The lowest BCUT2D eigenvalue weighted by Gasteiger charge is -2.35. The summed E-state index contributed by atoms with van der Waals surface area (Å²) < 4.78 is 22.5. The lowest BCUT2D eigenvalue weighted by Crippen LogP contribution is -2.51. The number of hydrogen-bond donors (Lipinski definition) is 2. The summed E-state index contributed by atoms with van der Waals surface area (Å²) in [5.74, 6) is 0.495. The molecule has 1 fully saturated rings. The van der Waals surface area contributed by atoms with Gasteiger partial charge in [0, 0.05) is 37.8 Å². The molecule has 1 saturated heterocycles. The standard InChI is InChI=1S/C15H20N6O2S2.HI/c16-14(19-11-12-1-3-13(4-2-12)25(17,22)23)20-6-8-21(9-7-20)15-18-5-10-24-15;/h1-5,10H,6-9,11H2,(H2,16,19)(H2,17,22,23);1H. The van der Waals surface area contributed by atoms with Crippen molar-refractivity contribution in [1.82, 2.24) is 9.88 Å². The number of primary sulfonamides is 1. The number of sulfonamides is 1. The maximum absolute atomic E-state index is 11.2. The molecule has 0 spiro atoms. The largest absolute Gasteiger partial charge is 0.370 e. The summed E-state index contributed by atoms with van der Waals surface area (Å²) in [4.78, 5) is 13.1. The molecule has 1 aromatic carbocycles. The highest BCUT2D eigenvalue weighted by Crippen LogP contribution is 2.18. The molecule has 0 atom stereocenters. The highest BCUT2D eigenvalue weighted by atomic mass is 127. The number of thiazole rings is 1. The van der Waals surface area contributed by atoms with Crippen LogP contribution in [-0.2, 0) is 16.6 Å². The minimum absolute atomic E-state index is 0. The van der Waals surface area contributed by atoms with E-state index in [0.717, 1.165) is 36.9 Å². The molecule has 2 aromatic rings. The molecule has 0 unspecified atom stereocenters. The minimum atomic E-state index is -3.67. The molecule has 2 heterocycles. The number of nitrogens with two attached hydrogens (primary N) is 2. The number of piperazine rings is 1. The smallest absolute Gasteiger partial charge is 0.238 e. The fourth-order valence-electron chi connectivity index (χ4n) is 2.56. The van der Waals surface area contributed by atoms with E-state index in [1.165, 1.54) is 12.1 Å². The second-order valence-corrected chi connectivity index (χ2v) is 8.09. The summed E-state index contributed by atoms with van der Waals surface area (Å²) in [5, 5.41) is 8.09. The number of benzene rings is 1. The predicted molar refractivity (Wildman–Crippen MR) is 114 cm³/mol. The van der Waals surface area contributed by atoms with Crippen LogP contribution in [0.2, 0.25) is 0 Å². The first kappa shape index (κ1) is 20.9. The van der Waals surface area contributed by atoms with Crippen LogP contribution in [-0.4, -0.2) is 50.4 Å². The zero-order valence-electron chi connectivity index (χ0n) is 14.0. The van der Waals surface area contributed by atoms with Crippen LogP contribution >= 0.6 is 35.3 Å². The van der Waals surface area contributed by atoms with Gasteiger partial charge in [0.2, 0.25) is 10.0 Å². The SMILES string of the molecule is I.NC(=NCc1ccc(S(N)(=O)=O)cc1)N1CCN(c2nccs2)CC1. The molecule has 0 amide bonds. The topological polar surface area (TPSA) is 118 Å². The third-order valence-electron chi connectivity index (χ3n) is 3.97. The highest BCUT2D eigenvalue weighted by Gasteiger charge is 2.19. The Bertz CT molecular complexity index is 832. The van der Waals surface area contributed by atoms with Gasteiger partial charge in [-0.05, 0) is 17.7 Å². The second kappa shape index (κ2) is 8.97.